The van der Waals surface area contributed by atoms with Crippen LogP contribution in [0, 0.1) is 5.82 Å². The Hall–Kier alpha value is -1.72. The quantitative estimate of drug-likeness (QED) is 0.868. The second kappa shape index (κ2) is 5.82. The molecule has 0 saturated heterocycles. The molecule has 0 amide bonds. The SMILES string of the molecule is CN([C@@H]1CCCc2ccccc21)S(=O)(=O)c1ccccc1F. The Balaban J connectivity index is 2.02. The van der Waals surface area contributed by atoms with Crippen LogP contribution in [-0.4, -0.2) is 19.8 Å². The second-order valence-corrected chi connectivity index (χ2v) is 7.52. The lowest BCUT2D eigenvalue weighted by molar-refractivity contribution is 0.336. The number of nitrogens with zero attached hydrogens (tertiary/aromatic N) is 1. The van der Waals surface area contributed by atoms with Crippen molar-refractivity contribution in [2.24, 2.45) is 0 Å². The monoisotopic (exact) mass is 319 g/mol. The molecule has 0 aliphatic heterocycles. The Labute approximate surface area is 130 Å². The van der Waals surface area contributed by atoms with E-state index in [0.29, 0.717) is 0 Å². The largest absolute Gasteiger partial charge is 0.246 e. The molecule has 2 aromatic rings. The van der Waals surface area contributed by atoms with Gasteiger partial charge in [0.2, 0.25) is 10.0 Å². The van der Waals surface area contributed by atoms with Gasteiger partial charge in [0.25, 0.3) is 0 Å². The van der Waals surface area contributed by atoms with Gasteiger partial charge in [-0.3, -0.25) is 0 Å². The number of fused-ring (bicyclic) bond motifs is 1. The summed E-state index contributed by atoms with van der Waals surface area (Å²) in [5.41, 5.74) is 2.20. The summed E-state index contributed by atoms with van der Waals surface area (Å²) < 4.78 is 40.7. The highest BCUT2D eigenvalue weighted by Gasteiger charge is 2.33. The average Bonchev–Trinajstić information content (AvgIpc) is 2.54. The Morgan fingerprint density at radius 2 is 1.77 bits per heavy atom. The first-order valence-electron chi connectivity index (χ1n) is 7.32. The second-order valence-electron chi connectivity index (χ2n) is 5.56. The number of benzene rings is 2. The van der Waals surface area contributed by atoms with Crippen LogP contribution < -0.4 is 0 Å². The number of hydrogen-bond donors (Lipinski definition) is 0. The van der Waals surface area contributed by atoms with Crippen LogP contribution in [0.1, 0.15) is 30.0 Å². The molecule has 22 heavy (non-hydrogen) atoms. The molecule has 0 heterocycles. The summed E-state index contributed by atoms with van der Waals surface area (Å²) in [7, 11) is -2.32. The van der Waals surface area contributed by atoms with Gasteiger partial charge in [0.15, 0.2) is 0 Å². The first kappa shape index (κ1) is 15.2. The standard InChI is InChI=1S/C17H18FNO2S/c1-19(22(20,21)17-12-5-4-10-15(17)18)16-11-6-8-13-7-2-3-9-14(13)16/h2-5,7,9-10,12,16H,6,8,11H2,1H3/t16-/m1/s1. The van der Waals surface area contributed by atoms with E-state index in [0.717, 1.165) is 24.8 Å². The van der Waals surface area contributed by atoms with Gasteiger partial charge in [0, 0.05) is 13.1 Å². The first-order valence-corrected chi connectivity index (χ1v) is 8.76. The fraction of sp³-hybridized carbons (Fsp3) is 0.294. The maximum atomic E-state index is 13.9. The molecule has 3 nitrogen and oxygen atoms in total. The van der Waals surface area contributed by atoms with Crippen LogP contribution in [0.25, 0.3) is 0 Å². The Kier molecular flexibility index (Phi) is 4.02. The topological polar surface area (TPSA) is 37.4 Å². The smallest absolute Gasteiger partial charge is 0.207 e. The van der Waals surface area contributed by atoms with Gasteiger partial charge in [-0.05, 0) is 42.5 Å². The number of halogens is 1. The van der Waals surface area contributed by atoms with Gasteiger partial charge in [-0.2, -0.15) is 4.31 Å². The van der Waals surface area contributed by atoms with E-state index in [4.69, 9.17) is 0 Å². The maximum absolute atomic E-state index is 13.9. The van der Waals surface area contributed by atoms with Gasteiger partial charge in [0.05, 0.1) is 0 Å². The molecule has 1 aliphatic rings. The number of rotatable bonds is 3. The third-order valence-electron chi connectivity index (χ3n) is 4.27. The number of aryl methyl sites for hydroxylation is 1. The molecule has 1 atom stereocenters. The number of hydrogen-bond acceptors (Lipinski definition) is 2. The Morgan fingerprint density at radius 1 is 1.09 bits per heavy atom. The summed E-state index contributed by atoms with van der Waals surface area (Å²) in [5, 5.41) is 0. The number of sulfonamides is 1. The summed E-state index contributed by atoms with van der Waals surface area (Å²) in [5.74, 6) is -0.710. The zero-order chi connectivity index (χ0) is 15.7. The molecule has 0 spiro atoms. The van der Waals surface area contributed by atoms with E-state index in [1.54, 1.807) is 6.07 Å². The summed E-state index contributed by atoms with van der Waals surface area (Å²) in [6.07, 6.45) is 2.64. The highest BCUT2D eigenvalue weighted by Crippen LogP contribution is 2.36. The molecule has 0 fully saturated rings. The zero-order valence-electron chi connectivity index (χ0n) is 12.4. The minimum Gasteiger partial charge on any atom is -0.207 e. The van der Waals surface area contributed by atoms with Crippen LogP contribution in [0.5, 0.6) is 0 Å². The highest BCUT2D eigenvalue weighted by atomic mass is 32.2. The van der Waals surface area contributed by atoms with Crippen molar-refractivity contribution in [2.45, 2.75) is 30.2 Å². The van der Waals surface area contributed by atoms with Gasteiger partial charge in [0.1, 0.15) is 10.7 Å². The van der Waals surface area contributed by atoms with Crippen molar-refractivity contribution in [2.75, 3.05) is 7.05 Å². The summed E-state index contributed by atoms with van der Waals surface area (Å²) in [6, 6.07) is 13.2. The van der Waals surface area contributed by atoms with E-state index in [-0.39, 0.29) is 10.9 Å². The predicted molar refractivity (Wildman–Crippen MR) is 83.5 cm³/mol. The van der Waals surface area contributed by atoms with Crippen LogP contribution in [0.15, 0.2) is 53.4 Å². The fourth-order valence-corrected chi connectivity index (χ4v) is 4.51. The minimum atomic E-state index is -3.85. The van der Waals surface area contributed by atoms with E-state index in [2.05, 4.69) is 0 Å². The molecule has 0 unspecified atom stereocenters. The zero-order valence-corrected chi connectivity index (χ0v) is 13.2. The molecule has 0 bridgehead atoms. The minimum absolute atomic E-state index is 0.241. The van der Waals surface area contributed by atoms with E-state index in [1.165, 1.54) is 35.1 Å². The highest BCUT2D eigenvalue weighted by molar-refractivity contribution is 7.89. The van der Waals surface area contributed by atoms with E-state index in [1.807, 2.05) is 24.3 Å². The normalized spacial score (nSPS) is 18.2. The molecule has 0 aromatic heterocycles. The lowest BCUT2D eigenvalue weighted by Gasteiger charge is -2.32. The van der Waals surface area contributed by atoms with Crippen LogP contribution in [0.2, 0.25) is 0 Å². The van der Waals surface area contributed by atoms with Crippen molar-refractivity contribution in [1.29, 1.82) is 0 Å². The van der Waals surface area contributed by atoms with Crippen LogP contribution in [0.3, 0.4) is 0 Å². The van der Waals surface area contributed by atoms with E-state index in [9.17, 15) is 12.8 Å². The third kappa shape index (κ3) is 2.55. The van der Waals surface area contributed by atoms with Gasteiger partial charge >= 0.3 is 0 Å². The molecule has 0 N–H and O–H groups in total. The molecule has 5 heteroatoms. The van der Waals surface area contributed by atoms with Gasteiger partial charge < -0.3 is 0 Å². The van der Waals surface area contributed by atoms with Crippen molar-refractivity contribution >= 4 is 10.0 Å². The van der Waals surface area contributed by atoms with Crippen molar-refractivity contribution in [3.05, 3.63) is 65.5 Å². The van der Waals surface area contributed by atoms with Crippen molar-refractivity contribution in [1.82, 2.24) is 4.31 Å². The van der Waals surface area contributed by atoms with Gasteiger partial charge in [-0.1, -0.05) is 36.4 Å². The van der Waals surface area contributed by atoms with Crippen molar-refractivity contribution in [3.8, 4) is 0 Å². The first-order chi connectivity index (χ1) is 10.5. The summed E-state index contributed by atoms with van der Waals surface area (Å²) >= 11 is 0. The van der Waals surface area contributed by atoms with Crippen LogP contribution in [-0.2, 0) is 16.4 Å². The Bertz CT molecular complexity index is 789. The third-order valence-corrected chi connectivity index (χ3v) is 6.17. The van der Waals surface area contributed by atoms with Crippen molar-refractivity contribution in [3.63, 3.8) is 0 Å². The lowest BCUT2D eigenvalue weighted by Crippen LogP contribution is -2.33. The summed E-state index contributed by atoms with van der Waals surface area (Å²) in [4.78, 5) is -0.263. The summed E-state index contributed by atoms with van der Waals surface area (Å²) in [6.45, 7) is 0. The molecule has 116 valence electrons. The molecule has 0 saturated carbocycles. The fourth-order valence-electron chi connectivity index (χ4n) is 3.08. The average molecular weight is 319 g/mol. The molecule has 2 aromatic carbocycles. The van der Waals surface area contributed by atoms with E-state index >= 15 is 0 Å². The lowest BCUT2D eigenvalue weighted by atomic mass is 9.88. The predicted octanol–water partition coefficient (Wildman–Crippen LogP) is 3.52. The molecule has 0 radical (unpaired) electrons. The van der Waals surface area contributed by atoms with Gasteiger partial charge in [-0.15, -0.1) is 0 Å². The van der Waals surface area contributed by atoms with E-state index < -0.39 is 15.8 Å². The molecular weight excluding hydrogens is 301 g/mol. The van der Waals surface area contributed by atoms with Crippen LogP contribution >= 0.6 is 0 Å². The van der Waals surface area contributed by atoms with Gasteiger partial charge in [-0.25, -0.2) is 12.8 Å². The molecule has 1 aliphatic carbocycles. The molecule has 3 rings (SSSR count). The van der Waals surface area contributed by atoms with Crippen molar-refractivity contribution < 1.29 is 12.8 Å². The Morgan fingerprint density at radius 3 is 2.55 bits per heavy atom. The maximum Gasteiger partial charge on any atom is 0.246 e. The van der Waals surface area contributed by atoms with Crippen LogP contribution in [0.4, 0.5) is 4.39 Å². The molecular formula is C17H18FNO2S.